The molecule has 1 aliphatic heterocycles. The van der Waals surface area contributed by atoms with E-state index in [2.05, 4.69) is 15.0 Å². The van der Waals surface area contributed by atoms with Gasteiger partial charge in [-0.25, -0.2) is 14.4 Å². The van der Waals surface area contributed by atoms with Gasteiger partial charge in [0.2, 0.25) is 5.82 Å². The van der Waals surface area contributed by atoms with Gasteiger partial charge in [-0.2, -0.15) is 4.39 Å². The van der Waals surface area contributed by atoms with Crippen LogP contribution in [-0.2, 0) is 0 Å². The first-order chi connectivity index (χ1) is 11.5. The SMILES string of the molecule is Cc1nc2ncc(C(=O)N3CCOc4c3ccc(F)c4F)cc2[nH]1. The lowest BCUT2D eigenvalue weighted by atomic mass is 10.1. The van der Waals surface area contributed by atoms with Gasteiger partial charge in [0.25, 0.3) is 5.91 Å². The van der Waals surface area contributed by atoms with Gasteiger partial charge in [-0.05, 0) is 25.1 Å². The molecule has 8 heteroatoms. The summed E-state index contributed by atoms with van der Waals surface area (Å²) >= 11 is 0. The number of fused-ring (bicyclic) bond motifs is 2. The molecule has 0 spiro atoms. The van der Waals surface area contributed by atoms with E-state index < -0.39 is 11.6 Å². The smallest absolute Gasteiger partial charge is 0.260 e. The van der Waals surface area contributed by atoms with Gasteiger partial charge < -0.3 is 14.6 Å². The van der Waals surface area contributed by atoms with E-state index in [0.29, 0.717) is 22.6 Å². The lowest BCUT2D eigenvalue weighted by Gasteiger charge is -2.29. The van der Waals surface area contributed by atoms with Crippen molar-refractivity contribution in [2.75, 3.05) is 18.1 Å². The highest BCUT2D eigenvalue weighted by Crippen LogP contribution is 2.36. The Kier molecular flexibility index (Phi) is 3.19. The summed E-state index contributed by atoms with van der Waals surface area (Å²) in [7, 11) is 0. The Bertz CT molecular complexity index is 970. The maximum atomic E-state index is 13.9. The molecule has 0 aliphatic carbocycles. The molecule has 6 nitrogen and oxygen atoms in total. The fourth-order valence-corrected chi connectivity index (χ4v) is 2.74. The van der Waals surface area contributed by atoms with Crippen LogP contribution >= 0.6 is 0 Å². The number of hydrogen-bond donors (Lipinski definition) is 1. The second kappa shape index (κ2) is 5.26. The van der Waals surface area contributed by atoms with E-state index in [1.165, 1.54) is 17.2 Å². The molecule has 1 aromatic carbocycles. The van der Waals surface area contributed by atoms with Crippen molar-refractivity contribution < 1.29 is 18.3 Å². The van der Waals surface area contributed by atoms with Crippen LogP contribution in [0.5, 0.6) is 5.75 Å². The van der Waals surface area contributed by atoms with E-state index in [9.17, 15) is 13.6 Å². The van der Waals surface area contributed by atoms with E-state index in [4.69, 9.17) is 4.74 Å². The van der Waals surface area contributed by atoms with Gasteiger partial charge in [-0.1, -0.05) is 0 Å². The number of rotatable bonds is 1. The van der Waals surface area contributed by atoms with Crippen LogP contribution in [-0.4, -0.2) is 34.0 Å². The molecule has 122 valence electrons. The number of imidazole rings is 1. The maximum Gasteiger partial charge on any atom is 0.260 e. The molecule has 24 heavy (non-hydrogen) atoms. The highest BCUT2D eigenvalue weighted by molar-refractivity contribution is 6.08. The fraction of sp³-hybridized carbons (Fsp3) is 0.188. The summed E-state index contributed by atoms with van der Waals surface area (Å²) in [6.45, 7) is 2.10. The predicted octanol–water partition coefficient (Wildman–Crippen LogP) is 2.58. The second-order valence-corrected chi connectivity index (χ2v) is 5.43. The summed E-state index contributed by atoms with van der Waals surface area (Å²) in [6.07, 6.45) is 1.42. The molecule has 0 fully saturated rings. The Hall–Kier alpha value is -3.03. The monoisotopic (exact) mass is 330 g/mol. The zero-order valence-electron chi connectivity index (χ0n) is 12.6. The Balaban J connectivity index is 1.76. The molecule has 3 aromatic rings. The van der Waals surface area contributed by atoms with Crippen LogP contribution in [0.1, 0.15) is 16.2 Å². The highest BCUT2D eigenvalue weighted by atomic mass is 19.2. The summed E-state index contributed by atoms with van der Waals surface area (Å²) in [6, 6.07) is 3.94. The second-order valence-electron chi connectivity index (χ2n) is 5.43. The first-order valence-corrected chi connectivity index (χ1v) is 7.29. The molecule has 1 aliphatic rings. The van der Waals surface area contributed by atoms with Crippen LogP contribution in [0.25, 0.3) is 11.2 Å². The zero-order chi connectivity index (χ0) is 16.8. The summed E-state index contributed by atoms with van der Waals surface area (Å²) in [5.74, 6) is -2.04. The third kappa shape index (κ3) is 2.18. The average molecular weight is 330 g/mol. The van der Waals surface area contributed by atoms with Gasteiger partial charge in [0.15, 0.2) is 17.2 Å². The standard InChI is InChI=1S/C16H12F2N4O2/c1-8-20-11-6-9(7-19-15(11)21-8)16(23)22-4-5-24-14-12(22)3-2-10(17)13(14)18/h2-3,6-7H,4-5H2,1H3,(H,19,20,21). The van der Waals surface area contributed by atoms with Gasteiger partial charge in [0.05, 0.1) is 23.3 Å². The molecule has 0 unspecified atom stereocenters. The van der Waals surface area contributed by atoms with Crippen molar-refractivity contribution in [2.24, 2.45) is 0 Å². The van der Waals surface area contributed by atoms with Crippen LogP contribution in [0.4, 0.5) is 14.5 Å². The predicted molar refractivity (Wildman–Crippen MR) is 82.2 cm³/mol. The lowest BCUT2D eigenvalue weighted by Crippen LogP contribution is -2.38. The van der Waals surface area contributed by atoms with Gasteiger partial charge in [-0.15, -0.1) is 0 Å². The number of aromatic nitrogens is 3. The third-order valence-corrected chi connectivity index (χ3v) is 3.83. The number of pyridine rings is 1. The Labute approximate surface area is 135 Å². The van der Waals surface area contributed by atoms with Crippen molar-refractivity contribution in [2.45, 2.75) is 6.92 Å². The van der Waals surface area contributed by atoms with Gasteiger partial charge in [0.1, 0.15) is 12.4 Å². The number of nitrogens with zero attached hydrogens (tertiary/aromatic N) is 3. The van der Waals surface area contributed by atoms with Crippen molar-refractivity contribution in [3.63, 3.8) is 0 Å². The minimum absolute atomic E-state index is 0.0813. The number of carbonyl (C=O) groups excluding carboxylic acids is 1. The molecule has 0 saturated heterocycles. The molecule has 2 aromatic heterocycles. The van der Waals surface area contributed by atoms with E-state index >= 15 is 0 Å². The number of ether oxygens (including phenoxy) is 1. The molecule has 0 atom stereocenters. The number of H-pyrrole nitrogens is 1. The van der Waals surface area contributed by atoms with Crippen LogP contribution in [0.2, 0.25) is 0 Å². The van der Waals surface area contributed by atoms with Gasteiger partial charge in [0, 0.05) is 6.20 Å². The molecule has 1 N–H and O–H groups in total. The Morgan fingerprint density at radius 3 is 3.04 bits per heavy atom. The number of halogens is 2. The van der Waals surface area contributed by atoms with E-state index in [0.717, 1.165) is 6.07 Å². The fourth-order valence-electron chi connectivity index (χ4n) is 2.74. The molecule has 0 radical (unpaired) electrons. The maximum absolute atomic E-state index is 13.9. The number of aryl methyl sites for hydroxylation is 1. The molecule has 4 rings (SSSR count). The first kappa shape index (κ1) is 14.6. The van der Waals surface area contributed by atoms with Crippen LogP contribution in [0, 0.1) is 18.6 Å². The minimum Gasteiger partial charge on any atom is -0.486 e. The largest absolute Gasteiger partial charge is 0.486 e. The molecule has 0 saturated carbocycles. The number of anilines is 1. The molecule has 3 heterocycles. The molecular formula is C16H12F2N4O2. The third-order valence-electron chi connectivity index (χ3n) is 3.83. The van der Waals surface area contributed by atoms with Crippen molar-refractivity contribution in [3.05, 3.63) is 47.4 Å². The number of nitrogens with one attached hydrogen (secondary N) is 1. The van der Waals surface area contributed by atoms with Gasteiger partial charge >= 0.3 is 0 Å². The minimum atomic E-state index is -1.09. The highest BCUT2D eigenvalue weighted by Gasteiger charge is 2.28. The molecular weight excluding hydrogens is 318 g/mol. The Morgan fingerprint density at radius 2 is 2.21 bits per heavy atom. The van der Waals surface area contributed by atoms with Crippen molar-refractivity contribution in [1.29, 1.82) is 0 Å². The molecule has 0 bridgehead atoms. The van der Waals surface area contributed by atoms with Crippen molar-refractivity contribution in [3.8, 4) is 5.75 Å². The number of benzene rings is 1. The summed E-state index contributed by atoms with van der Waals surface area (Å²) in [4.78, 5) is 25.5. The summed E-state index contributed by atoms with van der Waals surface area (Å²) < 4.78 is 32.4. The van der Waals surface area contributed by atoms with E-state index in [-0.39, 0.29) is 30.5 Å². The van der Waals surface area contributed by atoms with Crippen molar-refractivity contribution in [1.82, 2.24) is 15.0 Å². The normalized spacial score (nSPS) is 13.7. The number of hydrogen-bond acceptors (Lipinski definition) is 4. The van der Waals surface area contributed by atoms with Gasteiger partial charge in [-0.3, -0.25) is 4.79 Å². The number of aromatic amines is 1. The van der Waals surface area contributed by atoms with Crippen LogP contribution in [0.15, 0.2) is 24.4 Å². The Morgan fingerprint density at radius 1 is 1.38 bits per heavy atom. The van der Waals surface area contributed by atoms with E-state index in [1.54, 1.807) is 13.0 Å². The summed E-state index contributed by atoms with van der Waals surface area (Å²) in [5, 5.41) is 0. The number of carbonyl (C=O) groups is 1. The van der Waals surface area contributed by atoms with Crippen LogP contribution in [0.3, 0.4) is 0 Å². The van der Waals surface area contributed by atoms with Crippen molar-refractivity contribution >= 4 is 22.8 Å². The lowest BCUT2D eigenvalue weighted by molar-refractivity contribution is 0.0975. The van der Waals surface area contributed by atoms with E-state index in [1.807, 2.05) is 0 Å². The first-order valence-electron chi connectivity index (χ1n) is 7.29. The number of amides is 1. The molecule has 1 amide bonds. The van der Waals surface area contributed by atoms with Crippen LogP contribution < -0.4 is 9.64 Å². The summed E-state index contributed by atoms with van der Waals surface area (Å²) in [5.41, 5.74) is 1.67. The topological polar surface area (TPSA) is 71.1 Å². The average Bonchev–Trinajstić information content (AvgIpc) is 2.96. The quantitative estimate of drug-likeness (QED) is 0.744. The zero-order valence-corrected chi connectivity index (χ0v) is 12.6.